The van der Waals surface area contributed by atoms with E-state index in [1.165, 1.54) is 18.3 Å². The number of nitrogens with zero attached hydrogens (tertiary/aromatic N) is 2. The summed E-state index contributed by atoms with van der Waals surface area (Å²) >= 11 is 5.63. The number of carbonyl (C=O) groups is 2. The Kier molecular flexibility index (Phi) is 4.28. The Bertz CT molecular complexity index is 548. The maximum Gasteiger partial charge on any atom is 0.377 e. The van der Waals surface area contributed by atoms with E-state index < -0.39 is 11.8 Å². The van der Waals surface area contributed by atoms with Gasteiger partial charge in [0, 0.05) is 23.4 Å². The lowest BCUT2D eigenvalue weighted by atomic mass is 10.1. The average molecular weight is 253 g/mol. The van der Waals surface area contributed by atoms with Crippen molar-refractivity contribution in [2.45, 2.75) is 0 Å². The molecule has 0 unspecified atom stereocenters. The normalized spacial score (nSPS) is 9.94. The number of hydrogen-bond donors (Lipinski definition) is 2. The Morgan fingerprint density at radius 2 is 2.24 bits per heavy atom. The summed E-state index contributed by atoms with van der Waals surface area (Å²) in [5.74, 6) is -1.69. The summed E-state index contributed by atoms with van der Waals surface area (Å²) in [6, 6.07) is 1.28. The first-order valence-electron chi connectivity index (χ1n) is 4.35. The fourth-order valence-corrected chi connectivity index (χ4v) is 1.23. The minimum Gasteiger partial charge on any atom is -0.478 e. The molecule has 0 saturated heterocycles. The molecule has 17 heavy (non-hydrogen) atoms. The lowest BCUT2D eigenvalue weighted by molar-refractivity contribution is -0.131. The van der Waals surface area contributed by atoms with E-state index in [0.29, 0.717) is 5.56 Å². The number of carboxylic acids is 1. The van der Waals surface area contributed by atoms with E-state index in [1.807, 2.05) is 0 Å². The maximum atomic E-state index is 11.5. The van der Waals surface area contributed by atoms with Crippen molar-refractivity contribution in [2.75, 3.05) is 0 Å². The molecule has 1 rings (SSSR count). The number of carboxylic acid groups (broad SMARTS) is 1. The van der Waals surface area contributed by atoms with Crippen molar-refractivity contribution >= 4 is 35.6 Å². The Morgan fingerprint density at radius 1 is 1.53 bits per heavy atom. The number of carbonyl (C=O) groups excluding carboxylic acids is 1. The monoisotopic (exact) mass is 252 g/mol. The second kappa shape index (κ2) is 5.69. The van der Waals surface area contributed by atoms with E-state index in [4.69, 9.17) is 22.2 Å². The number of nitrogens with one attached hydrogen (secondary N) is 1. The van der Waals surface area contributed by atoms with Crippen LogP contribution in [0.15, 0.2) is 18.3 Å². The van der Waals surface area contributed by atoms with Crippen LogP contribution in [-0.4, -0.2) is 32.8 Å². The first-order chi connectivity index (χ1) is 8.04. The zero-order chi connectivity index (χ0) is 12.8. The second-order valence-electron chi connectivity index (χ2n) is 2.89. The molecule has 0 aliphatic heterocycles. The van der Waals surface area contributed by atoms with E-state index in [-0.39, 0.29) is 10.7 Å². The largest absolute Gasteiger partial charge is 0.478 e. The molecule has 1 aromatic rings. The molecule has 86 valence electrons. The quantitative estimate of drug-likeness (QED) is 0.211. The number of hydrogen-bond acceptors (Lipinski definition) is 4. The first kappa shape index (κ1) is 12.8. The Balaban J connectivity index is 3.25. The van der Waals surface area contributed by atoms with Crippen molar-refractivity contribution in [1.29, 1.82) is 5.53 Å². The smallest absolute Gasteiger partial charge is 0.377 e. The highest BCUT2D eigenvalue weighted by Gasteiger charge is 2.13. The van der Waals surface area contributed by atoms with Crippen molar-refractivity contribution in [2.24, 2.45) is 0 Å². The van der Waals surface area contributed by atoms with Gasteiger partial charge in [0.2, 0.25) is 0 Å². The molecule has 6 nitrogen and oxygen atoms in total. The van der Waals surface area contributed by atoms with Crippen LogP contribution >= 0.6 is 11.6 Å². The van der Waals surface area contributed by atoms with Gasteiger partial charge in [0.05, 0.1) is 10.3 Å². The molecule has 1 heterocycles. The summed E-state index contributed by atoms with van der Waals surface area (Å²) < 4.78 is 0. The van der Waals surface area contributed by atoms with Gasteiger partial charge in [-0.3, -0.25) is 4.79 Å². The van der Waals surface area contributed by atoms with E-state index in [2.05, 4.69) is 9.77 Å². The third kappa shape index (κ3) is 3.64. The van der Waals surface area contributed by atoms with E-state index >= 15 is 0 Å². The Morgan fingerprint density at radius 3 is 2.82 bits per heavy atom. The van der Waals surface area contributed by atoms with Gasteiger partial charge in [0.15, 0.2) is 0 Å². The SMILES string of the molecule is N=[N+]=CC(=O)c1cc(Cl)ncc1C=CC(=O)O. The van der Waals surface area contributed by atoms with Crippen LogP contribution in [0.2, 0.25) is 5.15 Å². The van der Waals surface area contributed by atoms with Crippen LogP contribution in [0.3, 0.4) is 0 Å². The molecular weight excluding hydrogens is 246 g/mol. The van der Waals surface area contributed by atoms with E-state index in [0.717, 1.165) is 12.3 Å². The first-order valence-corrected chi connectivity index (χ1v) is 4.73. The highest BCUT2D eigenvalue weighted by atomic mass is 35.5. The van der Waals surface area contributed by atoms with Crippen molar-refractivity contribution in [3.8, 4) is 0 Å². The van der Waals surface area contributed by atoms with Gasteiger partial charge >= 0.3 is 12.2 Å². The van der Waals surface area contributed by atoms with E-state index in [1.54, 1.807) is 0 Å². The molecule has 0 aliphatic rings. The van der Waals surface area contributed by atoms with Crippen molar-refractivity contribution < 1.29 is 19.5 Å². The fourth-order valence-electron chi connectivity index (χ4n) is 1.08. The summed E-state index contributed by atoms with van der Waals surface area (Å²) in [7, 11) is 0. The van der Waals surface area contributed by atoms with E-state index in [9.17, 15) is 9.59 Å². The molecule has 0 radical (unpaired) electrons. The van der Waals surface area contributed by atoms with Crippen LogP contribution in [0.4, 0.5) is 0 Å². The van der Waals surface area contributed by atoms with Crippen LogP contribution in [-0.2, 0) is 4.79 Å². The highest BCUT2D eigenvalue weighted by Crippen LogP contribution is 2.14. The van der Waals surface area contributed by atoms with Crippen LogP contribution in [0, 0.1) is 5.53 Å². The lowest BCUT2D eigenvalue weighted by Crippen LogP contribution is -2.04. The van der Waals surface area contributed by atoms with Crippen molar-refractivity contribution in [3.63, 3.8) is 0 Å². The predicted molar refractivity (Wildman–Crippen MR) is 59.3 cm³/mol. The Hall–Kier alpha value is -2.30. The highest BCUT2D eigenvalue weighted by molar-refractivity contribution is 6.35. The molecule has 0 aliphatic carbocycles. The molecule has 0 atom stereocenters. The Labute approximate surface area is 101 Å². The number of pyridine rings is 1. The van der Waals surface area contributed by atoms with Crippen molar-refractivity contribution in [1.82, 2.24) is 4.98 Å². The lowest BCUT2D eigenvalue weighted by Gasteiger charge is -1.99. The van der Waals surface area contributed by atoms with Gasteiger partial charge in [-0.1, -0.05) is 11.6 Å². The maximum absolute atomic E-state index is 11.5. The van der Waals surface area contributed by atoms with Gasteiger partial charge in [-0.05, 0) is 12.1 Å². The van der Waals surface area contributed by atoms with Gasteiger partial charge in [-0.15, -0.1) is 0 Å². The van der Waals surface area contributed by atoms with Gasteiger partial charge in [0.25, 0.3) is 5.78 Å². The number of halogens is 1. The van der Waals surface area contributed by atoms with Crippen molar-refractivity contribution in [3.05, 3.63) is 34.6 Å². The summed E-state index contributed by atoms with van der Waals surface area (Å²) in [4.78, 5) is 28.5. The number of aliphatic carboxylic acids is 1. The summed E-state index contributed by atoms with van der Waals surface area (Å²) in [5, 5.41) is 8.58. The van der Waals surface area contributed by atoms with Gasteiger partial charge < -0.3 is 5.11 Å². The summed E-state index contributed by atoms with van der Waals surface area (Å²) in [6.07, 6.45) is 4.16. The zero-order valence-corrected chi connectivity index (χ0v) is 9.18. The fraction of sp³-hybridized carbons (Fsp3) is 0. The predicted octanol–water partition coefficient (Wildman–Crippen LogP) is 1.33. The summed E-state index contributed by atoms with van der Waals surface area (Å²) in [5.41, 5.74) is 7.00. The molecule has 2 N–H and O–H groups in total. The molecule has 0 fully saturated rings. The number of Topliss-reactive ketones (excluding diaryl/α,β-unsaturated/α-hetero) is 1. The van der Waals surface area contributed by atoms with Gasteiger partial charge in [0.1, 0.15) is 5.15 Å². The standard InChI is InChI=1S/C10H6ClN3O3/c11-9-3-7(8(15)5-14-12)6(4-13-9)1-2-10(16)17/h1-5,12H/p+1. The minimum absolute atomic E-state index is 0.0965. The molecule has 1 aromatic heterocycles. The minimum atomic E-state index is -1.15. The third-order valence-corrected chi connectivity index (χ3v) is 1.96. The van der Waals surface area contributed by atoms with Gasteiger partial charge in [-0.2, -0.15) is 0 Å². The molecule has 7 heteroatoms. The molecular formula is C10H7ClN3O3+. The molecule has 0 saturated carbocycles. The van der Waals surface area contributed by atoms with Crippen LogP contribution in [0.1, 0.15) is 15.9 Å². The second-order valence-corrected chi connectivity index (χ2v) is 3.28. The molecule has 0 amide bonds. The van der Waals surface area contributed by atoms with Crippen LogP contribution < -0.4 is 0 Å². The molecule has 0 bridgehead atoms. The number of aromatic nitrogens is 1. The van der Waals surface area contributed by atoms with Gasteiger partial charge in [-0.25, -0.2) is 9.78 Å². The number of rotatable bonds is 4. The van der Waals surface area contributed by atoms with Crippen LogP contribution in [0.5, 0.6) is 0 Å². The molecule has 0 aromatic carbocycles. The number of ketones is 1. The molecule has 0 spiro atoms. The third-order valence-electron chi connectivity index (χ3n) is 1.75. The van der Waals surface area contributed by atoms with Crippen LogP contribution in [0.25, 0.3) is 6.08 Å². The zero-order valence-electron chi connectivity index (χ0n) is 8.42. The average Bonchev–Trinajstić information content (AvgIpc) is 2.27. The topological polar surface area (TPSA) is 105 Å². The summed E-state index contributed by atoms with van der Waals surface area (Å²) in [6.45, 7) is 0.